The van der Waals surface area contributed by atoms with E-state index in [9.17, 15) is 9.18 Å². The SMILES string of the molecule is CCOC(=O)c1cc(N)cnc1OCc1ccccc1F. The summed E-state index contributed by atoms with van der Waals surface area (Å²) < 4.78 is 23.9. The fraction of sp³-hybridized carbons (Fsp3) is 0.200. The van der Waals surface area contributed by atoms with Gasteiger partial charge in [-0.25, -0.2) is 14.2 Å². The molecular weight excluding hydrogens is 275 g/mol. The first-order chi connectivity index (χ1) is 10.1. The molecule has 6 heteroatoms. The van der Waals surface area contributed by atoms with Gasteiger partial charge in [-0.15, -0.1) is 0 Å². The molecule has 0 aliphatic rings. The molecule has 110 valence electrons. The number of carbonyl (C=O) groups excluding carboxylic acids is 1. The van der Waals surface area contributed by atoms with E-state index in [0.717, 1.165) is 0 Å². The molecule has 0 fully saturated rings. The maximum absolute atomic E-state index is 13.5. The summed E-state index contributed by atoms with van der Waals surface area (Å²) >= 11 is 0. The first kappa shape index (κ1) is 14.8. The number of nitrogen functional groups attached to an aromatic ring is 1. The Labute approximate surface area is 121 Å². The number of nitrogens with two attached hydrogens (primary N) is 1. The lowest BCUT2D eigenvalue weighted by Crippen LogP contribution is -2.10. The number of nitrogens with zero attached hydrogens (tertiary/aromatic N) is 1. The van der Waals surface area contributed by atoms with Crippen molar-refractivity contribution in [2.24, 2.45) is 0 Å². The van der Waals surface area contributed by atoms with E-state index in [1.54, 1.807) is 25.1 Å². The van der Waals surface area contributed by atoms with Gasteiger partial charge in [-0.05, 0) is 19.1 Å². The van der Waals surface area contributed by atoms with E-state index in [4.69, 9.17) is 15.2 Å². The molecular formula is C15H15FN2O3. The third-order valence-corrected chi connectivity index (χ3v) is 2.69. The van der Waals surface area contributed by atoms with Gasteiger partial charge < -0.3 is 15.2 Å². The second-order valence-electron chi connectivity index (χ2n) is 4.22. The molecule has 1 aromatic carbocycles. The van der Waals surface area contributed by atoms with E-state index >= 15 is 0 Å². The molecule has 0 spiro atoms. The number of aromatic nitrogens is 1. The van der Waals surface area contributed by atoms with E-state index in [0.29, 0.717) is 11.3 Å². The molecule has 21 heavy (non-hydrogen) atoms. The van der Waals surface area contributed by atoms with E-state index in [1.165, 1.54) is 18.3 Å². The van der Waals surface area contributed by atoms with Crippen molar-refractivity contribution < 1.29 is 18.7 Å². The molecule has 0 radical (unpaired) electrons. The first-order valence-electron chi connectivity index (χ1n) is 6.40. The van der Waals surface area contributed by atoms with Crippen LogP contribution in [0.15, 0.2) is 36.5 Å². The van der Waals surface area contributed by atoms with Crippen LogP contribution in [-0.2, 0) is 11.3 Å². The van der Waals surface area contributed by atoms with Crippen LogP contribution in [0.2, 0.25) is 0 Å². The van der Waals surface area contributed by atoms with Gasteiger partial charge >= 0.3 is 5.97 Å². The van der Waals surface area contributed by atoms with Crippen LogP contribution in [0.25, 0.3) is 0 Å². The predicted molar refractivity (Wildman–Crippen MR) is 75.3 cm³/mol. The number of hydrogen-bond donors (Lipinski definition) is 1. The summed E-state index contributed by atoms with van der Waals surface area (Å²) in [5, 5.41) is 0. The molecule has 1 aromatic heterocycles. The van der Waals surface area contributed by atoms with Crippen molar-refractivity contribution in [3.63, 3.8) is 0 Å². The Balaban J connectivity index is 2.20. The molecule has 1 heterocycles. The summed E-state index contributed by atoms with van der Waals surface area (Å²) in [6.45, 7) is 1.87. The molecule has 0 unspecified atom stereocenters. The van der Waals surface area contributed by atoms with Crippen molar-refractivity contribution >= 4 is 11.7 Å². The fourth-order valence-electron chi connectivity index (χ4n) is 1.70. The smallest absolute Gasteiger partial charge is 0.343 e. The Kier molecular flexibility index (Phi) is 4.71. The molecule has 5 nitrogen and oxygen atoms in total. The molecule has 0 aliphatic carbocycles. The molecule has 0 saturated carbocycles. The van der Waals surface area contributed by atoms with Gasteiger partial charge in [0.25, 0.3) is 0 Å². The van der Waals surface area contributed by atoms with Crippen molar-refractivity contribution in [3.05, 3.63) is 53.5 Å². The molecule has 2 rings (SSSR count). The van der Waals surface area contributed by atoms with Gasteiger partial charge in [0.1, 0.15) is 18.0 Å². The van der Waals surface area contributed by atoms with Crippen LogP contribution in [-0.4, -0.2) is 17.6 Å². The maximum atomic E-state index is 13.5. The Hall–Kier alpha value is -2.63. The zero-order valence-electron chi connectivity index (χ0n) is 11.5. The molecule has 0 atom stereocenters. The quantitative estimate of drug-likeness (QED) is 0.857. The van der Waals surface area contributed by atoms with Crippen molar-refractivity contribution in [2.75, 3.05) is 12.3 Å². The monoisotopic (exact) mass is 290 g/mol. The number of esters is 1. The van der Waals surface area contributed by atoms with Gasteiger partial charge in [-0.3, -0.25) is 0 Å². The highest BCUT2D eigenvalue weighted by Crippen LogP contribution is 2.20. The number of anilines is 1. The lowest BCUT2D eigenvalue weighted by atomic mass is 10.2. The number of hydrogen-bond acceptors (Lipinski definition) is 5. The Bertz CT molecular complexity index is 647. The number of pyridine rings is 1. The summed E-state index contributed by atoms with van der Waals surface area (Å²) in [5.41, 5.74) is 6.41. The van der Waals surface area contributed by atoms with Gasteiger partial charge in [0.15, 0.2) is 0 Å². The van der Waals surface area contributed by atoms with Gasteiger partial charge in [0, 0.05) is 5.56 Å². The fourth-order valence-corrected chi connectivity index (χ4v) is 1.70. The summed E-state index contributed by atoms with van der Waals surface area (Å²) in [6, 6.07) is 7.63. The number of carbonyl (C=O) groups is 1. The number of rotatable bonds is 5. The summed E-state index contributed by atoms with van der Waals surface area (Å²) in [7, 11) is 0. The van der Waals surface area contributed by atoms with Crippen molar-refractivity contribution in [1.82, 2.24) is 4.98 Å². The zero-order valence-corrected chi connectivity index (χ0v) is 11.5. The van der Waals surface area contributed by atoms with Gasteiger partial charge in [-0.2, -0.15) is 0 Å². The van der Waals surface area contributed by atoms with Crippen LogP contribution in [0.3, 0.4) is 0 Å². The minimum atomic E-state index is -0.583. The highest BCUT2D eigenvalue weighted by molar-refractivity contribution is 5.92. The van der Waals surface area contributed by atoms with Crippen LogP contribution in [0.4, 0.5) is 10.1 Å². The molecule has 0 bridgehead atoms. The van der Waals surface area contributed by atoms with Crippen LogP contribution in [0, 0.1) is 5.82 Å². The lowest BCUT2D eigenvalue weighted by Gasteiger charge is -2.10. The van der Waals surface area contributed by atoms with Crippen LogP contribution in [0.5, 0.6) is 5.88 Å². The first-order valence-corrected chi connectivity index (χ1v) is 6.40. The highest BCUT2D eigenvalue weighted by Gasteiger charge is 2.16. The second kappa shape index (κ2) is 6.69. The van der Waals surface area contributed by atoms with Crippen LogP contribution >= 0.6 is 0 Å². The van der Waals surface area contributed by atoms with E-state index in [1.807, 2.05) is 0 Å². The molecule has 0 aliphatic heterocycles. The minimum Gasteiger partial charge on any atom is -0.472 e. The van der Waals surface area contributed by atoms with Gasteiger partial charge in [-0.1, -0.05) is 18.2 Å². The van der Waals surface area contributed by atoms with Gasteiger partial charge in [0.05, 0.1) is 18.5 Å². The standard InChI is InChI=1S/C15H15FN2O3/c1-2-20-15(19)12-7-11(17)8-18-14(12)21-9-10-5-3-4-6-13(10)16/h3-8H,2,9,17H2,1H3. The molecule has 0 amide bonds. The van der Waals surface area contributed by atoms with Crippen molar-refractivity contribution in [1.29, 1.82) is 0 Å². The predicted octanol–water partition coefficient (Wildman–Crippen LogP) is 2.56. The summed E-state index contributed by atoms with van der Waals surface area (Å²) in [4.78, 5) is 15.8. The third kappa shape index (κ3) is 3.68. The van der Waals surface area contributed by atoms with E-state index < -0.39 is 5.97 Å². The third-order valence-electron chi connectivity index (χ3n) is 2.69. The van der Waals surface area contributed by atoms with E-state index in [2.05, 4.69) is 4.98 Å². The average Bonchev–Trinajstić information content (AvgIpc) is 2.47. The van der Waals surface area contributed by atoms with Crippen LogP contribution in [0.1, 0.15) is 22.8 Å². The maximum Gasteiger partial charge on any atom is 0.343 e. The molecule has 2 N–H and O–H groups in total. The second-order valence-corrected chi connectivity index (χ2v) is 4.22. The summed E-state index contributed by atoms with van der Waals surface area (Å²) in [6.07, 6.45) is 1.36. The van der Waals surface area contributed by atoms with Crippen molar-refractivity contribution in [2.45, 2.75) is 13.5 Å². The molecule has 2 aromatic rings. The van der Waals surface area contributed by atoms with Crippen LogP contribution < -0.4 is 10.5 Å². The van der Waals surface area contributed by atoms with Crippen molar-refractivity contribution in [3.8, 4) is 5.88 Å². The number of ether oxygens (including phenoxy) is 2. The zero-order chi connectivity index (χ0) is 15.2. The normalized spacial score (nSPS) is 10.2. The Morgan fingerprint density at radius 2 is 2.14 bits per heavy atom. The van der Waals surface area contributed by atoms with Gasteiger partial charge in [0.2, 0.25) is 5.88 Å². The lowest BCUT2D eigenvalue weighted by molar-refractivity contribution is 0.0520. The Morgan fingerprint density at radius 1 is 1.38 bits per heavy atom. The topological polar surface area (TPSA) is 74.4 Å². The highest BCUT2D eigenvalue weighted by atomic mass is 19.1. The summed E-state index contributed by atoms with van der Waals surface area (Å²) in [5.74, 6) is -0.905. The number of benzene rings is 1. The molecule has 0 saturated heterocycles. The average molecular weight is 290 g/mol. The van der Waals surface area contributed by atoms with E-state index in [-0.39, 0.29) is 30.5 Å². The number of halogens is 1. The minimum absolute atomic E-state index is 0.0456. The largest absolute Gasteiger partial charge is 0.472 e. The Morgan fingerprint density at radius 3 is 2.86 bits per heavy atom.